The third-order valence-corrected chi connectivity index (χ3v) is 7.90. The number of aryl methyl sites for hydroxylation is 2. The molecular weight excluding hydrogens is 442 g/mol. The number of carbonyl (C=O) groups is 1. The molecule has 176 valence electrons. The van der Waals surface area contributed by atoms with Crippen LogP contribution in [0.15, 0.2) is 18.3 Å². The lowest BCUT2D eigenvalue weighted by atomic mass is 9.94. The van der Waals surface area contributed by atoms with E-state index in [1.165, 1.54) is 16.1 Å². The van der Waals surface area contributed by atoms with Gasteiger partial charge in [0.2, 0.25) is 0 Å². The SMILES string of the molecule is C#CCN1CCC(n2nc(-c3ccc(CCC)nc3)c3c2-c2sc(CC(C)=O)nc2CC3)CC1. The van der Waals surface area contributed by atoms with Gasteiger partial charge >= 0.3 is 0 Å². The van der Waals surface area contributed by atoms with Crippen molar-refractivity contribution in [3.05, 3.63) is 40.3 Å². The number of thiazole rings is 1. The fourth-order valence-electron chi connectivity index (χ4n) is 5.15. The minimum atomic E-state index is 0.152. The van der Waals surface area contributed by atoms with Crippen LogP contribution < -0.4 is 0 Å². The van der Waals surface area contributed by atoms with Crippen molar-refractivity contribution in [1.29, 1.82) is 0 Å². The number of likely N-dealkylation sites (tertiary alicyclic amines) is 1. The molecule has 1 saturated heterocycles. The molecule has 5 rings (SSSR count). The maximum Gasteiger partial charge on any atom is 0.136 e. The molecule has 2 aliphatic rings. The van der Waals surface area contributed by atoms with Crippen LogP contribution in [0.25, 0.3) is 21.8 Å². The number of aromatic nitrogens is 4. The van der Waals surface area contributed by atoms with E-state index in [4.69, 9.17) is 21.5 Å². The van der Waals surface area contributed by atoms with E-state index in [0.717, 1.165) is 79.3 Å². The molecule has 1 fully saturated rings. The zero-order chi connectivity index (χ0) is 23.7. The van der Waals surface area contributed by atoms with E-state index in [2.05, 4.69) is 34.6 Å². The van der Waals surface area contributed by atoms with Crippen LogP contribution in [0.2, 0.25) is 0 Å². The maximum atomic E-state index is 11.8. The van der Waals surface area contributed by atoms with Gasteiger partial charge in [-0.15, -0.1) is 17.8 Å². The van der Waals surface area contributed by atoms with Crippen molar-refractivity contribution >= 4 is 17.1 Å². The molecule has 0 saturated carbocycles. The van der Waals surface area contributed by atoms with E-state index in [0.29, 0.717) is 19.0 Å². The number of ketones is 1. The predicted molar refractivity (Wildman–Crippen MR) is 136 cm³/mol. The molecule has 0 bridgehead atoms. The van der Waals surface area contributed by atoms with Gasteiger partial charge < -0.3 is 0 Å². The van der Waals surface area contributed by atoms with E-state index in [-0.39, 0.29) is 5.78 Å². The van der Waals surface area contributed by atoms with Crippen molar-refractivity contribution in [3.63, 3.8) is 0 Å². The molecule has 0 unspecified atom stereocenters. The molecule has 34 heavy (non-hydrogen) atoms. The highest BCUT2D eigenvalue weighted by molar-refractivity contribution is 7.15. The quantitative estimate of drug-likeness (QED) is 0.472. The van der Waals surface area contributed by atoms with Crippen LogP contribution in [0, 0.1) is 12.3 Å². The number of terminal acetylenes is 1. The van der Waals surface area contributed by atoms with E-state index in [9.17, 15) is 4.79 Å². The number of pyridine rings is 1. The zero-order valence-electron chi connectivity index (χ0n) is 20.0. The van der Waals surface area contributed by atoms with Gasteiger partial charge in [-0.25, -0.2) is 4.98 Å². The van der Waals surface area contributed by atoms with E-state index >= 15 is 0 Å². The van der Waals surface area contributed by atoms with Crippen molar-refractivity contribution in [2.75, 3.05) is 19.6 Å². The second-order valence-electron chi connectivity index (χ2n) is 9.38. The Balaban J connectivity index is 1.56. The molecule has 0 aromatic carbocycles. The first kappa shape index (κ1) is 22.9. The van der Waals surface area contributed by atoms with E-state index in [1.54, 1.807) is 18.3 Å². The van der Waals surface area contributed by atoms with Crippen molar-refractivity contribution in [2.45, 2.75) is 64.8 Å². The Labute approximate surface area is 205 Å². The number of rotatable bonds is 7. The average Bonchev–Trinajstić information content (AvgIpc) is 3.41. The van der Waals surface area contributed by atoms with Crippen LogP contribution >= 0.6 is 11.3 Å². The molecule has 3 aromatic heterocycles. The molecule has 0 spiro atoms. The van der Waals surface area contributed by atoms with Crippen LogP contribution in [0.1, 0.15) is 61.1 Å². The topological polar surface area (TPSA) is 63.9 Å². The zero-order valence-corrected chi connectivity index (χ0v) is 20.8. The molecular formula is C27H31N5OS. The summed E-state index contributed by atoms with van der Waals surface area (Å²) in [7, 11) is 0. The molecule has 0 amide bonds. The van der Waals surface area contributed by atoms with Crippen LogP contribution in [-0.2, 0) is 30.5 Å². The van der Waals surface area contributed by atoms with Gasteiger partial charge in [-0.05, 0) is 51.2 Å². The molecule has 0 N–H and O–H groups in total. The Morgan fingerprint density at radius 3 is 2.76 bits per heavy atom. The largest absolute Gasteiger partial charge is 0.300 e. The molecule has 3 aromatic rings. The summed E-state index contributed by atoms with van der Waals surface area (Å²) >= 11 is 1.67. The Morgan fingerprint density at radius 1 is 1.26 bits per heavy atom. The third-order valence-electron chi connectivity index (χ3n) is 6.80. The normalized spacial score (nSPS) is 16.1. The summed E-state index contributed by atoms with van der Waals surface area (Å²) in [6, 6.07) is 4.63. The van der Waals surface area contributed by atoms with Gasteiger partial charge in [-0.3, -0.25) is 19.4 Å². The highest BCUT2D eigenvalue weighted by atomic mass is 32.1. The molecule has 1 aliphatic carbocycles. The Bertz CT molecular complexity index is 1230. The fraction of sp³-hybridized carbons (Fsp3) is 0.481. The first-order valence-electron chi connectivity index (χ1n) is 12.3. The summed E-state index contributed by atoms with van der Waals surface area (Å²) in [6.45, 7) is 6.48. The minimum absolute atomic E-state index is 0.152. The monoisotopic (exact) mass is 473 g/mol. The standard InChI is InChI=1S/C27H31N5OS/c1-4-6-20-8-7-19(17-28-20)25-22-9-10-23-27(34-24(29-23)16-18(3)33)26(22)32(30-25)21-11-14-31(13-5-2)15-12-21/h2,7-8,17,21H,4,6,9-16H2,1,3H3. The molecule has 7 heteroatoms. The lowest BCUT2D eigenvalue weighted by Crippen LogP contribution is -2.35. The summed E-state index contributed by atoms with van der Waals surface area (Å²) in [5, 5.41) is 6.14. The van der Waals surface area contributed by atoms with Crippen molar-refractivity contribution in [2.24, 2.45) is 0 Å². The van der Waals surface area contributed by atoms with Gasteiger partial charge in [-0.2, -0.15) is 5.10 Å². The van der Waals surface area contributed by atoms with Crippen LogP contribution in [0.5, 0.6) is 0 Å². The smallest absolute Gasteiger partial charge is 0.136 e. The van der Waals surface area contributed by atoms with Crippen LogP contribution in [0.4, 0.5) is 0 Å². The molecule has 6 nitrogen and oxygen atoms in total. The van der Waals surface area contributed by atoms with Gasteiger partial charge in [0.15, 0.2) is 0 Å². The first-order chi connectivity index (χ1) is 16.6. The lowest BCUT2D eigenvalue weighted by molar-refractivity contribution is -0.116. The summed E-state index contributed by atoms with van der Waals surface area (Å²) < 4.78 is 2.27. The summed E-state index contributed by atoms with van der Waals surface area (Å²) in [4.78, 5) is 24.8. The number of fused-ring (bicyclic) bond motifs is 3. The van der Waals surface area contributed by atoms with Gasteiger partial charge in [0, 0.05) is 36.1 Å². The van der Waals surface area contributed by atoms with Crippen LogP contribution in [-0.4, -0.2) is 50.1 Å². The van der Waals surface area contributed by atoms with E-state index in [1.807, 2.05) is 6.20 Å². The fourth-order valence-corrected chi connectivity index (χ4v) is 6.40. The second kappa shape index (κ2) is 9.81. The Kier molecular flexibility index (Phi) is 6.62. The van der Waals surface area contributed by atoms with Crippen molar-refractivity contribution in [3.8, 4) is 34.2 Å². The maximum absolute atomic E-state index is 11.8. The lowest BCUT2D eigenvalue weighted by Gasteiger charge is -2.31. The number of nitrogens with zero attached hydrogens (tertiary/aromatic N) is 5. The highest BCUT2D eigenvalue weighted by Gasteiger charge is 2.32. The van der Waals surface area contributed by atoms with Gasteiger partial charge in [0.05, 0.1) is 41.0 Å². The second-order valence-corrected chi connectivity index (χ2v) is 10.5. The molecule has 0 atom stereocenters. The number of hydrogen-bond acceptors (Lipinski definition) is 6. The van der Waals surface area contributed by atoms with E-state index < -0.39 is 0 Å². The van der Waals surface area contributed by atoms with Crippen LogP contribution in [0.3, 0.4) is 0 Å². The highest BCUT2D eigenvalue weighted by Crippen LogP contribution is 2.44. The number of piperidine rings is 1. The predicted octanol–water partition coefficient (Wildman–Crippen LogP) is 4.52. The molecule has 0 radical (unpaired) electrons. The minimum Gasteiger partial charge on any atom is -0.300 e. The average molecular weight is 474 g/mol. The molecule has 1 aliphatic heterocycles. The Morgan fingerprint density at radius 2 is 2.09 bits per heavy atom. The number of hydrogen-bond donors (Lipinski definition) is 0. The summed E-state index contributed by atoms with van der Waals surface area (Å²) in [5.74, 6) is 2.93. The Hall–Kier alpha value is -2.82. The first-order valence-corrected chi connectivity index (χ1v) is 13.1. The summed E-state index contributed by atoms with van der Waals surface area (Å²) in [5.41, 5.74) is 6.86. The molecule has 4 heterocycles. The number of carbonyl (C=O) groups excluding carboxylic acids is 1. The third kappa shape index (κ3) is 4.45. The van der Waals surface area contributed by atoms with Crippen molar-refractivity contribution in [1.82, 2.24) is 24.6 Å². The van der Waals surface area contributed by atoms with Gasteiger partial charge in [0.1, 0.15) is 10.8 Å². The van der Waals surface area contributed by atoms with Gasteiger partial charge in [0.25, 0.3) is 0 Å². The summed E-state index contributed by atoms with van der Waals surface area (Å²) in [6.07, 6.45) is 13.9. The van der Waals surface area contributed by atoms with Gasteiger partial charge in [-0.1, -0.05) is 19.3 Å². The van der Waals surface area contributed by atoms with Crippen molar-refractivity contribution < 1.29 is 4.79 Å². The number of Topliss-reactive ketones (excluding diaryl/α,β-unsaturated/α-hetero) is 1.